The number of carbonyl (C=O) groups is 1. The van der Waals surface area contributed by atoms with Crippen LogP contribution >= 0.6 is 11.8 Å². The van der Waals surface area contributed by atoms with Gasteiger partial charge in [0.25, 0.3) is 0 Å². The normalized spacial score (nSPS) is 23.4. The SMILES string of the molecule is CC(=O)c1ccc(NC2=NC(C)CC(C)S2)cc1. The molecule has 0 aliphatic carbocycles. The monoisotopic (exact) mass is 262 g/mol. The third kappa shape index (κ3) is 3.35. The minimum absolute atomic E-state index is 0.0909. The number of Topliss-reactive ketones (excluding diaryl/α,β-unsaturated/α-hetero) is 1. The van der Waals surface area contributed by atoms with Crippen LogP contribution in [0.1, 0.15) is 37.6 Å². The number of hydrogen-bond acceptors (Lipinski definition) is 4. The van der Waals surface area contributed by atoms with Crippen molar-refractivity contribution < 1.29 is 4.79 Å². The summed E-state index contributed by atoms with van der Waals surface area (Å²) in [7, 11) is 0. The fourth-order valence-electron chi connectivity index (χ4n) is 1.98. The highest BCUT2D eigenvalue weighted by molar-refractivity contribution is 8.14. The molecule has 1 aliphatic heterocycles. The van der Waals surface area contributed by atoms with Crippen LogP contribution in [0.3, 0.4) is 0 Å². The van der Waals surface area contributed by atoms with E-state index in [1.165, 1.54) is 0 Å². The lowest BCUT2D eigenvalue weighted by atomic mass is 10.1. The van der Waals surface area contributed by atoms with Crippen molar-refractivity contribution in [1.82, 2.24) is 0 Å². The molecule has 1 aromatic rings. The molecule has 1 N–H and O–H groups in total. The molecular weight excluding hydrogens is 244 g/mol. The van der Waals surface area contributed by atoms with E-state index >= 15 is 0 Å². The lowest BCUT2D eigenvalue weighted by molar-refractivity contribution is 0.101. The van der Waals surface area contributed by atoms with Crippen LogP contribution < -0.4 is 5.32 Å². The van der Waals surface area contributed by atoms with E-state index in [9.17, 15) is 4.79 Å². The standard InChI is InChI=1S/C14H18N2OS/c1-9-8-10(2)18-14(15-9)16-13-6-4-12(5-7-13)11(3)17/h4-7,9-10H,8H2,1-3H3,(H,15,16). The highest BCUT2D eigenvalue weighted by Crippen LogP contribution is 2.26. The molecule has 0 spiro atoms. The van der Waals surface area contributed by atoms with Crippen molar-refractivity contribution in [2.45, 2.75) is 38.5 Å². The van der Waals surface area contributed by atoms with E-state index in [-0.39, 0.29) is 5.78 Å². The molecule has 0 bridgehead atoms. The van der Waals surface area contributed by atoms with Crippen molar-refractivity contribution in [3.63, 3.8) is 0 Å². The number of carbonyl (C=O) groups excluding carboxylic acids is 1. The lowest BCUT2D eigenvalue weighted by Gasteiger charge is -2.23. The summed E-state index contributed by atoms with van der Waals surface area (Å²) >= 11 is 1.77. The Morgan fingerprint density at radius 2 is 2.00 bits per heavy atom. The van der Waals surface area contributed by atoms with E-state index in [0.717, 1.165) is 22.8 Å². The van der Waals surface area contributed by atoms with E-state index in [1.54, 1.807) is 18.7 Å². The van der Waals surface area contributed by atoms with Crippen LogP contribution in [-0.4, -0.2) is 22.2 Å². The summed E-state index contributed by atoms with van der Waals surface area (Å²) in [6.07, 6.45) is 1.12. The maximum atomic E-state index is 11.2. The van der Waals surface area contributed by atoms with Crippen LogP contribution in [0.25, 0.3) is 0 Å². The first kappa shape index (κ1) is 13.1. The Bertz CT molecular complexity index is 467. The zero-order chi connectivity index (χ0) is 13.1. The number of anilines is 1. The second-order valence-corrected chi connectivity index (χ2v) is 6.13. The predicted molar refractivity (Wildman–Crippen MR) is 78.6 cm³/mol. The lowest BCUT2D eigenvalue weighted by Crippen LogP contribution is -2.22. The third-order valence-corrected chi connectivity index (χ3v) is 3.89. The number of benzene rings is 1. The molecule has 2 rings (SSSR count). The highest BCUT2D eigenvalue weighted by Gasteiger charge is 2.18. The van der Waals surface area contributed by atoms with Gasteiger partial charge in [0.2, 0.25) is 0 Å². The predicted octanol–water partition coefficient (Wildman–Crippen LogP) is 3.57. The van der Waals surface area contributed by atoms with Crippen molar-refractivity contribution in [3.05, 3.63) is 29.8 Å². The van der Waals surface area contributed by atoms with Gasteiger partial charge in [0.05, 0.1) is 6.04 Å². The Labute approximate surface area is 112 Å². The minimum Gasteiger partial charge on any atom is -0.335 e. The molecule has 96 valence electrons. The Morgan fingerprint density at radius 3 is 2.56 bits per heavy atom. The first-order valence-corrected chi connectivity index (χ1v) is 7.05. The van der Waals surface area contributed by atoms with E-state index in [0.29, 0.717) is 11.3 Å². The van der Waals surface area contributed by atoms with E-state index in [4.69, 9.17) is 0 Å². The summed E-state index contributed by atoms with van der Waals surface area (Å²) in [4.78, 5) is 15.8. The van der Waals surface area contributed by atoms with Gasteiger partial charge in [-0.1, -0.05) is 18.7 Å². The number of rotatable bonds is 2. The summed E-state index contributed by atoms with van der Waals surface area (Å²) < 4.78 is 0. The average Bonchev–Trinajstić information content (AvgIpc) is 2.28. The number of nitrogens with zero attached hydrogens (tertiary/aromatic N) is 1. The zero-order valence-corrected chi connectivity index (χ0v) is 11.8. The van der Waals surface area contributed by atoms with E-state index in [1.807, 2.05) is 24.3 Å². The first-order valence-electron chi connectivity index (χ1n) is 6.17. The smallest absolute Gasteiger partial charge is 0.161 e. The van der Waals surface area contributed by atoms with Crippen LogP contribution in [-0.2, 0) is 0 Å². The summed E-state index contributed by atoms with van der Waals surface area (Å²) in [5.74, 6) is 0.0909. The maximum Gasteiger partial charge on any atom is 0.161 e. The molecule has 2 atom stereocenters. The molecule has 0 radical (unpaired) electrons. The van der Waals surface area contributed by atoms with Gasteiger partial charge in [0.1, 0.15) is 0 Å². The Morgan fingerprint density at radius 1 is 1.33 bits per heavy atom. The van der Waals surface area contributed by atoms with Crippen molar-refractivity contribution in [2.75, 3.05) is 5.32 Å². The number of hydrogen-bond donors (Lipinski definition) is 1. The number of nitrogens with one attached hydrogen (secondary N) is 1. The quantitative estimate of drug-likeness (QED) is 0.828. The Kier molecular flexibility index (Phi) is 4.07. The summed E-state index contributed by atoms with van der Waals surface area (Å²) in [5.41, 5.74) is 1.72. The first-order chi connectivity index (χ1) is 8.54. The van der Waals surface area contributed by atoms with E-state index in [2.05, 4.69) is 24.2 Å². The van der Waals surface area contributed by atoms with Crippen molar-refractivity contribution in [2.24, 2.45) is 4.99 Å². The topological polar surface area (TPSA) is 41.5 Å². The zero-order valence-electron chi connectivity index (χ0n) is 10.9. The second-order valence-electron chi connectivity index (χ2n) is 4.71. The molecule has 1 aromatic carbocycles. The molecule has 2 unspecified atom stereocenters. The molecular formula is C14H18N2OS. The molecule has 0 saturated heterocycles. The molecule has 0 amide bonds. The molecule has 0 saturated carbocycles. The van der Waals surface area contributed by atoms with E-state index < -0.39 is 0 Å². The van der Waals surface area contributed by atoms with Crippen LogP contribution in [0.2, 0.25) is 0 Å². The third-order valence-electron chi connectivity index (χ3n) is 2.87. The Balaban J connectivity index is 2.07. The fraction of sp³-hybridized carbons (Fsp3) is 0.429. The molecule has 4 heteroatoms. The molecule has 1 heterocycles. The van der Waals surface area contributed by atoms with Gasteiger partial charge >= 0.3 is 0 Å². The number of aliphatic imine (C=N–C) groups is 1. The van der Waals surface area contributed by atoms with Crippen molar-refractivity contribution >= 4 is 28.4 Å². The van der Waals surface area contributed by atoms with Gasteiger partial charge in [0.15, 0.2) is 11.0 Å². The number of amidine groups is 1. The maximum absolute atomic E-state index is 11.2. The Hall–Kier alpha value is -1.29. The van der Waals surface area contributed by atoms with Crippen LogP contribution in [0.15, 0.2) is 29.3 Å². The summed E-state index contributed by atoms with van der Waals surface area (Å²) in [6.45, 7) is 5.93. The number of ketones is 1. The molecule has 18 heavy (non-hydrogen) atoms. The fourth-order valence-corrected chi connectivity index (χ4v) is 3.15. The molecule has 0 fully saturated rings. The highest BCUT2D eigenvalue weighted by atomic mass is 32.2. The van der Waals surface area contributed by atoms with Gasteiger partial charge in [-0.2, -0.15) is 0 Å². The largest absolute Gasteiger partial charge is 0.335 e. The minimum atomic E-state index is 0.0909. The summed E-state index contributed by atoms with van der Waals surface area (Å²) in [6, 6.07) is 7.89. The molecule has 0 aromatic heterocycles. The van der Waals surface area contributed by atoms with Gasteiger partial charge in [0, 0.05) is 16.5 Å². The van der Waals surface area contributed by atoms with Crippen molar-refractivity contribution in [3.8, 4) is 0 Å². The van der Waals surface area contributed by atoms with Crippen LogP contribution in [0.4, 0.5) is 5.69 Å². The van der Waals surface area contributed by atoms with Crippen LogP contribution in [0.5, 0.6) is 0 Å². The average molecular weight is 262 g/mol. The second kappa shape index (κ2) is 5.57. The van der Waals surface area contributed by atoms with Gasteiger partial charge in [-0.15, -0.1) is 0 Å². The van der Waals surface area contributed by atoms with Gasteiger partial charge in [-0.3, -0.25) is 9.79 Å². The molecule has 1 aliphatic rings. The number of thioether (sulfide) groups is 1. The van der Waals surface area contributed by atoms with Gasteiger partial charge in [-0.05, 0) is 44.5 Å². The van der Waals surface area contributed by atoms with Gasteiger partial charge < -0.3 is 5.32 Å². The van der Waals surface area contributed by atoms with Crippen LogP contribution in [0, 0.1) is 0 Å². The van der Waals surface area contributed by atoms with Gasteiger partial charge in [-0.25, -0.2) is 0 Å². The van der Waals surface area contributed by atoms with Crippen molar-refractivity contribution in [1.29, 1.82) is 0 Å². The molecule has 3 nitrogen and oxygen atoms in total. The summed E-state index contributed by atoms with van der Waals surface area (Å²) in [5, 5.41) is 4.87.